The summed E-state index contributed by atoms with van der Waals surface area (Å²) >= 11 is 1.14. The number of rotatable bonds is 3. The number of hydrogen-bond donors (Lipinski definition) is 1. The number of sulfone groups is 1. The summed E-state index contributed by atoms with van der Waals surface area (Å²) in [5.41, 5.74) is 1.68. The highest BCUT2D eigenvalue weighted by Crippen LogP contribution is 2.39. The summed E-state index contributed by atoms with van der Waals surface area (Å²) in [5, 5.41) is -0.113. The summed E-state index contributed by atoms with van der Waals surface area (Å²) in [5.74, 6) is -0.716. The number of ketones is 2. The fourth-order valence-corrected chi connectivity index (χ4v) is 5.74. The molecule has 0 amide bonds. The predicted molar refractivity (Wildman–Crippen MR) is 103 cm³/mol. The lowest BCUT2D eigenvalue weighted by Gasteiger charge is -2.14. The van der Waals surface area contributed by atoms with E-state index in [9.17, 15) is 18.0 Å². The Morgan fingerprint density at radius 3 is 2.07 bits per heavy atom. The van der Waals surface area contributed by atoms with E-state index in [4.69, 9.17) is 0 Å². The number of aromatic nitrogens is 1. The molecule has 0 fully saturated rings. The van der Waals surface area contributed by atoms with E-state index in [-0.39, 0.29) is 43.2 Å². The van der Waals surface area contributed by atoms with E-state index in [2.05, 4.69) is 4.98 Å². The van der Waals surface area contributed by atoms with Crippen molar-refractivity contribution in [3.63, 3.8) is 0 Å². The average molecular weight is 397 g/mol. The second kappa shape index (κ2) is 6.21. The van der Waals surface area contributed by atoms with Gasteiger partial charge in [-0.25, -0.2) is 8.42 Å². The van der Waals surface area contributed by atoms with Crippen molar-refractivity contribution in [2.45, 2.75) is 21.7 Å². The molecule has 2 aromatic carbocycles. The predicted octanol–water partition coefficient (Wildman–Crippen LogP) is 3.65. The van der Waals surface area contributed by atoms with Crippen LogP contribution in [0.4, 0.5) is 0 Å². The minimum absolute atomic E-state index is 0.0359. The van der Waals surface area contributed by atoms with E-state index in [0.29, 0.717) is 5.56 Å². The first-order valence-electron chi connectivity index (χ1n) is 8.16. The van der Waals surface area contributed by atoms with Gasteiger partial charge < -0.3 is 4.98 Å². The van der Waals surface area contributed by atoms with E-state index in [1.54, 1.807) is 42.7 Å². The summed E-state index contributed by atoms with van der Waals surface area (Å²) in [6.07, 6.45) is 1.69. The third kappa shape index (κ3) is 2.57. The molecular weight excluding hydrogens is 382 g/mol. The van der Waals surface area contributed by atoms with E-state index < -0.39 is 9.84 Å². The monoisotopic (exact) mass is 397 g/mol. The van der Waals surface area contributed by atoms with Crippen LogP contribution in [-0.2, 0) is 9.84 Å². The van der Waals surface area contributed by atoms with Gasteiger partial charge in [0.15, 0.2) is 10.8 Å². The van der Waals surface area contributed by atoms with Gasteiger partial charge in [-0.05, 0) is 25.3 Å². The molecule has 1 aliphatic carbocycles. The van der Waals surface area contributed by atoms with E-state index in [1.165, 1.54) is 12.1 Å². The molecule has 7 heteroatoms. The molecule has 0 unspecified atom stereocenters. The Hall–Kier alpha value is -2.64. The molecule has 0 atom stereocenters. The number of benzene rings is 2. The van der Waals surface area contributed by atoms with E-state index in [1.807, 2.05) is 6.92 Å². The first kappa shape index (κ1) is 17.8. The highest BCUT2D eigenvalue weighted by Gasteiger charge is 2.38. The van der Waals surface area contributed by atoms with Crippen molar-refractivity contribution in [1.29, 1.82) is 0 Å². The van der Waals surface area contributed by atoms with Crippen LogP contribution in [0.2, 0.25) is 0 Å². The zero-order valence-electron chi connectivity index (χ0n) is 14.6. The van der Waals surface area contributed by atoms with Gasteiger partial charge in [-0.1, -0.05) is 42.0 Å². The van der Waals surface area contributed by atoms with Gasteiger partial charge in [-0.15, -0.1) is 11.8 Å². The minimum atomic E-state index is -3.91. The summed E-state index contributed by atoms with van der Waals surface area (Å²) in [4.78, 5) is 29.0. The lowest BCUT2D eigenvalue weighted by atomic mass is 9.88. The highest BCUT2D eigenvalue weighted by atomic mass is 32.2. The van der Waals surface area contributed by atoms with Crippen LogP contribution >= 0.6 is 11.8 Å². The smallest absolute Gasteiger partial charge is 0.222 e. The van der Waals surface area contributed by atoms with Gasteiger partial charge in [0.1, 0.15) is 5.69 Å². The lowest BCUT2D eigenvalue weighted by Crippen LogP contribution is -2.20. The van der Waals surface area contributed by atoms with Crippen LogP contribution in [0.5, 0.6) is 0 Å². The maximum absolute atomic E-state index is 13.2. The molecular formula is C20H15NO4S2. The molecule has 1 aliphatic rings. The Morgan fingerprint density at radius 1 is 0.889 bits per heavy atom. The standard InChI is InChI=1S/C20H15NO4S2/c1-11-7-9-12(10-8-11)27(24,25)20-19(26-2)15-16(21-20)18(23)14-6-4-3-5-13(14)17(15)22/h3-10,21H,1-2H3. The number of carbonyl (C=O) groups is 2. The molecule has 5 nitrogen and oxygen atoms in total. The number of aryl methyl sites for hydroxylation is 1. The third-order valence-corrected chi connectivity index (χ3v) is 7.28. The van der Waals surface area contributed by atoms with Crippen molar-refractivity contribution in [3.05, 3.63) is 76.5 Å². The van der Waals surface area contributed by atoms with Gasteiger partial charge in [0.05, 0.1) is 15.4 Å². The Morgan fingerprint density at radius 2 is 1.48 bits per heavy atom. The number of H-pyrrole nitrogens is 1. The van der Waals surface area contributed by atoms with Crippen LogP contribution < -0.4 is 0 Å². The molecule has 0 radical (unpaired) electrons. The maximum Gasteiger partial charge on any atom is 0.222 e. The molecule has 1 N–H and O–H groups in total. The van der Waals surface area contributed by atoms with Gasteiger partial charge in [0.2, 0.25) is 15.6 Å². The molecule has 1 aromatic heterocycles. The lowest BCUT2D eigenvalue weighted by molar-refractivity contribution is 0.0975. The number of thioether (sulfide) groups is 1. The number of carbonyl (C=O) groups excluding carboxylic acids is 2. The van der Waals surface area contributed by atoms with Gasteiger partial charge in [0, 0.05) is 11.1 Å². The van der Waals surface area contributed by atoms with Gasteiger partial charge in [-0.3, -0.25) is 9.59 Å². The second-order valence-electron chi connectivity index (χ2n) is 6.26. The van der Waals surface area contributed by atoms with Crippen molar-refractivity contribution in [3.8, 4) is 0 Å². The summed E-state index contributed by atoms with van der Waals surface area (Å²) in [7, 11) is -3.91. The van der Waals surface area contributed by atoms with Crippen molar-refractivity contribution < 1.29 is 18.0 Å². The normalized spacial score (nSPS) is 13.4. The molecule has 0 saturated heterocycles. The number of nitrogens with one attached hydrogen (secondary N) is 1. The highest BCUT2D eigenvalue weighted by molar-refractivity contribution is 7.99. The number of fused-ring (bicyclic) bond motifs is 2. The zero-order chi connectivity index (χ0) is 19.3. The fourth-order valence-electron chi connectivity index (χ4n) is 3.21. The average Bonchev–Trinajstić information content (AvgIpc) is 3.07. The molecule has 136 valence electrons. The quantitative estimate of drug-likeness (QED) is 0.534. The number of hydrogen-bond acceptors (Lipinski definition) is 5. The van der Waals surface area contributed by atoms with Crippen molar-refractivity contribution in [1.82, 2.24) is 4.98 Å². The van der Waals surface area contributed by atoms with Crippen LogP contribution in [0.15, 0.2) is 63.3 Å². The van der Waals surface area contributed by atoms with Crippen LogP contribution in [0.1, 0.15) is 37.5 Å². The van der Waals surface area contributed by atoms with Crippen LogP contribution in [-0.4, -0.2) is 31.2 Å². The molecule has 1 heterocycles. The molecule has 4 rings (SSSR count). The minimum Gasteiger partial charge on any atom is -0.341 e. The van der Waals surface area contributed by atoms with E-state index in [0.717, 1.165) is 17.3 Å². The maximum atomic E-state index is 13.2. The van der Waals surface area contributed by atoms with Gasteiger partial charge in [-0.2, -0.15) is 0 Å². The SMILES string of the molecule is CSc1c(S(=O)(=O)c2ccc(C)cc2)[nH]c2c1C(=O)c1ccccc1C2=O. The first-order chi connectivity index (χ1) is 12.9. The first-order valence-corrected chi connectivity index (χ1v) is 10.9. The number of aromatic amines is 1. The third-order valence-electron chi connectivity index (χ3n) is 4.60. The molecule has 0 saturated carbocycles. The molecule has 0 spiro atoms. The summed E-state index contributed by atoms with van der Waals surface area (Å²) < 4.78 is 26.3. The zero-order valence-corrected chi connectivity index (χ0v) is 16.2. The fraction of sp³-hybridized carbons (Fsp3) is 0.100. The topological polar surface area (TPSA) is 84.1 Å². The largest absolute Gasteiger partial charge is 0.341 e. The van der Waals surface area contributed by atoms with Crippen LogP contribution in [0, 0.1) is 6.92 Å². The molecule has 27 heavy (non-hydrogen) atoms. The Balaban J connectivity index is 1.97. The van der Waals surface area contributed by atoms with Gasteiger partial charge >= 0.3 is 0 Å². The molecule has 0 aliphatic heterocycles. The Labute approximate surface area is 160 Å². The van der Waals surface area contributed by atoms with Crippen molar-refractivity contribution >= 4 is 33.2 Å². The molecule has 0 bridgehead atoms. The Kier molecular flexibility index (Phi) is 4.09. The van der Waals surface area contributed by atoms with E-state index >= 15 is 0 Å². The molecule has 3 aromatic rings. The van der Waals surface area contributed by atoms with Crippen molar-refractivity contribution in [2.24, 2.45) is 0 Å². The van der Waals surface area contributed by atoms with Crippen LogP contribution in [0.25, 0.3) is 0 Å². The van der Waals surface area contributed by atoms with Gasteiger partial charge in [0.25, 0.3) is 0 Å². The Bertz CT molecular complexity index is 1210. The summed E-state index contributed by atoms with van der Waals surface area (Å²) in [6, 6.07) is 13.0. The van der Waals surface area contributed by atoms with Crippen LogP contribution in [0.3, 0.4) is 0 Å². The second-order valence-corrected chi connectivity index (χ2v) is 8.96. The summed E-state index contributed by atoms with van der Waals surface area (Å²) in [6.45, 7) is 1.87. The van der Waals surface area contributed by atoms with Crippen molar-refractivity contribution in [2.75, 3.05) is 6.26 Å².